The molecule has 1 nitrogen and oxygen atoms in total. The molecule has 1 fully saturated rings. The first-order valence-electron chi connectivity index (χ1n) is 9.17. The van der Waals surface area contributed by atoms with Gasteiger partial charge in [0, 0.05) is 6.42 Å². The van der Waals surface area contributed by atoms with Crippen molar-refractivity contribution in [2.24, 2.45) is 11.8 Å². The van der Waals surface area contributed by atoms with Crippen molar-refractivity contribution in [2.75, 3.05) is 0 Å². The first-order valence-corrected chi connectivity index (χ1v) is 9.17. The van der Waals surface area contributed by atoms with Gasteiger partial charge in [0.25, 0.3) is 0 Å². The van der Waals surface area contributed by atoms with Crippen LogP contribution in [0.5, 0.6) is 0 Å². The molecule has 0 aromatic heterocycles. The van der Waals surface area contributed by atoms with Crippen LogP contribution in [0.15, 0.2) is 36.4 Å². The van der Waals surface area contributed by atoms with E-state index in [4.69, 9.17) is 4.74 Å². The minimum absolute atomic E-state index is 0.0218. The lowest BCUT2D eigenvalue weighted by Crippen LogP contribution is -2.27. The van der Waals surface area contributed by atoms with E-state index in [1.54, 1.807) is 0 Å². The smallest absolute Gasteiger partial charge is 0.316 e. The predicted octanol–water partition coefficient (Wildman–Crippen LogP) is 6.66. The van der Waals surface area contributed by atoms with Crippen molar-refractivity contribution in [3.8, 4) is 0 Å². The fourth-order valence-corrected chi connectivity index (χ4v) is 3.49. The van der Waals surface area contributed by atoms with Crippen LogP contribution in [0.3, 0.4) is 0 Å². The third kappa shape index (κ3) is 6.72. The summed E-state index contributed by atoms with van der Waals surface area (Å²) in [5, 5.41) is 0. The van der Waals surface area contributed by atoms with Gasteiger partial charge >= 0.3 is 6.11 Å². The Morgan fingerprint density at radius 3 is 2.33 bits per heavy atom. The quantitative estimate of drug-likeness (QED) is 0.482. The molecule has 134 valence electrons. The number of rotatable bonds is 8. The van der Waals surface area contributed by atoms with Gasteiger partial charge in [0.2, 0.25) is 0 Å². The first-order chi connectivity index (χ1) is 11.5. The second kappa shape index (κ2) is 9.31. The molecule has 0 atom stereocenters. The van der Waals surface area contributed by atoms with Crippen molar-refractivity contribution >= 4 is 0 Å². The number of hydrogen-bond donors (Lipinski definition) is 0. The summed E-state index contributed by atoms with van der Waals surface area (Å²) in [6, 6.07) is 7.54. The third-order valence-electron chi connectivity index (χ3n) is 5.04. The Morgan fingerprint density at radius 1 is 1.08 bits per heavy atom. The molecule has 2 rings (SSSR count). The van der Waals surface area contributed by atoms with Crippen LogP contribution in [0, 0.1) is 18.8 Å². The number of aryl methyl sites for hydroxylation is 1. The monoisotopic (exact) mass is 336 g/mol. The van der Waals surface area contributed by atoms with Crippen LogP contribution in [-0.4, -0.2) is 6.11 Å². The number of allylic oxidation sites excluding steroid dienone is 2. The largest absolute Gasteiger partial charge is 0.356 e. The number of benzene rings is 1. The molecule has 0 aliphatic heterocycles. The zero-order valence-electron chi connectivity index (χ0n) is 14.9. The average molecular weight is 336 g/mol. The molecule has 1 aliphatic carbocycles. The van der Waals surface area contributed by atoms with E-state index >= 15 is 0 Å². The van der Waals surface area contributed by atoms with Gasteiger partial charge in [-0.25, -0.2) is 0 Å². The summed E-state index contributed by atoms with van der Waals surface area (Å²) in [4.78, 5) is 0. The third-order valence-corrected chi connectivity index (χ3v) is 5.04. The highest BCUT2D eigenvalue weighted by Crippen LogP contribution is 2.38. The lowest BCUT2D eigenvalue weighted by atomic mass is 9.78. The minimum atomic E-state index is -3.02. The topological polar surface area (TPSA) is 9.23 Å². The Balaban J connectivity index is 1.71. The Kier molecular flexibility index (Phi) is 7.41. The predicted molar refractivity (Wildman–Crippen MR) is 95.0 cm³/mol. The van der Waals surface area contributed by atoms with E-state index < -0.39 is 6.11 Å². The molecule has 1 aromatic carbocycles. The van der Waals surface area contributed by atoms with Crippen molar-refractivity contribution in [1.82, 2.24) is 0 Å². The van der Waals surface area contributed by atoms with Crippen LogP contribution in [0.4, 0.5) is 8.78 Å². The van der Waals surface area contributed by atoms with E-state index in [0.29, 0.717) is 5.92 Å². The fraction of sp³-hybridized carbons (Fsp3) is 0.619. The molecular formula is C21H30F2O. The normalized spacial score (nSPS) is 22.2. The average Bonchev–Trinajstić information content (AvgIpc) is 2.56. The van der Waals surface area contributed by atoms with Crippen molar-refractivity contribution in [1.29, 1.82) is 0 Å². The highest BCUT2D eigenvalue weighted by molar-refractivity contribution is 5.20. The van der Waals surface area contributed by atoms with Crippen LogP contribution >= 0.6 is 0 Å². The van der Waals surface area contributed by atoms with Gasteiger partial charge in [-0.2, -0.15) is 8.78 Å². The highest BCUT2D eigenvalue weighted by Gasteiger charge is 2.35. The van der Waals surface area contributed by atoms with Gasteiger partial charge in [0.05, 0.1) is 6.61 Å². The van der Waals surface area contributed by atoms with Gasteiger partial charge in [-0.15, -0.1) is 0 Å². The van der Waals surface area contributed by atoms with E-state index in [9.17, 15) is 8.78 Å². The standard InChI is InChI=1S/C21H30F2O/c1-3-4-5-6-18-11-13-19(14-12-18)15-21(22,23)24-16-20-9-7-17(2)8-10-20/h3-4,7-10,18-19H,5-6,11-16H2,1-2H3. The lowest BCUT2D eigenvalue weighted by molar-refractivity contribution is -0.256. The molecular weight excluding hydrogens is 306 g/mol. The van der Waals surface area contributed by atoms with Crippen LogP contribution in [0.2, 0.25) is 0 Å². The molecule has 0 radical (unpaired) electrons. The molecule has 0 saturated heterocycles. The Labute approximate surface area is 145 Å². The van der Waals surface area contributed by atoms with Gasteiger partial charge in [0.1, 0.15) is 0 Å². The van der Waals surface area contributed by atoms with E-state index in [1.165, 1.54) is 6.42 Å². The van der Waals surface area contributed by atoms with Crippen LogP contribution in [0.25, 0.3) is 0 Å². The summed E-state index contributed by atoms with van der Waals surface area (Å²) < 4.78 is 33.1. The number of halogens is 2. The second-order valence-corrected chi connectivity index (χ2v) is 7.15. The molecule has 1 aliphatic rings. The maximum absolute atomic E-state index is 14.1. The van der Waals surface area contributed by atoms with E-state index in [-0.39, 0.29) is 18.9 Å². The number of ether oxygens (including phenoxy) is 1. The highest BCUT2D eigenvalue weighted by atomic mass is 19.3. The van der Waals surface area contributed by atoms with Crippen molar-refractivity contribution < 1.29 is 13.5 Å². The molecule has 0 unspecified atom stereocenters. The number of hydrogen-bond acceptors (Lipinski definition) is 1. The maximum Gasteiger partial charge on any atom is 0.356 e. The summed E-state index contributed by atoms with van der Waals surface area (Å²) in [5.41, 5.74) is 1.92. The number of alkyl halides is 2. The zero-order valence-corrected chi connectivity index (χ0v) is 14.9. The zero-order chi connectivity index (χ0) is 17.4. The van der Waals surface area contributed by atoms with Crippen LogP contribution in [0.1, 0.15) is 63.0 Å². The maximum atomic E-state index is 14.1. The molecule has 0 heterocycles. The molecule has 3 heteroatoms. The summed E-state index contributed by atoms with van der Waals surface area (Å²) >= 11 is 0. The van der Waals surface area contributed by atoms with Crippen molar-refractivity contribution in [3.05, 3.63) is 47.5 Å². The van der Waals surface area contributed by atoms with Gasteiger partial charge in [-0.3, -0.25) is 0 Å². The van der Waals surface area contributed by atoms with Crippen molar-refractivity contribution in [3.63, 3.8) is 0 Å². The summed E-state index contributed by atoms with van der Waals surface area (Å²) in [6.45, 7) is 4.00. The molecule has 0 spiro atoms. The molecule has 1 aromatic rings. The molecule has 24 heavy (non-hydrogen) atoms. The fourth-order valence-electron chi connectivity index (χ4n) is 3.49. The van der Waals surface area contributed by atoms with E-state index in [2.05, 4.69) is 12.2 Å². The van der Waals surface area contributed by atoms with Crippen LogP contribution in [-0.2, 0) is 11.3 Å². The summed E-state index contributed by atoms with van der Waals surface area (Å²) in [5.74, 6) is 0.801. The van der Waals surface area contributed by atoms with Gasteiger partial charge in [-0.1, -0.05) is 54.8 Å². The van der Waals surface area contributed by atoms with Gasteiger partial charge in [-0.05, 0) is 56.9 Å². The van der Waals surface area contributed by atoms with Gasteiger partial charge < -0.3 is 4.74 Å². The molecule has 0 N–H and O–H groups in total. The Bertz CT molecular complexity index is 499. The van der Waals surface area contributed by atoms with Crippen molar-refractivity contribution in [2.45, 2.75) is 71.5 Å². The first kappa shape index (κ1) is 19.1. The summed E-state index contributed by atoms with van der Waals surface area (Å²) in [7, 11) is 0. The van der Waals surface area contributed by atoms with Crippen LogP contribution < -0.4 is 0 Å². The second-order valence-electron chi connectivity index (χ2n) is 7.15. The van der Waals surface area contributed by atoms with Gasteiger partial charge in [0.15, 0.2) is 0 Å². The Morgan fingerprint density at radius 2 is 1.71 bits per heavy atom. The molecule has 1 saturated carbocycles. The SMILES string of the molecule is CC=CCCC1CCC(CC(F)(F)OCc2ccc(C)cc2)CC1. The van der Waals surface area contributed by atoms with E-state index in [0.717, 1.165) is 43.2 Å². The van der Waals surface area contributed by atoms with E-state index in [1.807, 2.05) is 38.1 Å². The summed E-state index contributed by atoms with van der Waals surface area (Å²) in [6.07, 6.45) is 7.39. The molecule has 0 amide bonds. The molecule has 0 bridgehead atoms. The minimum Gasteiger partial charge on any atom is -0.316 e. The lowest BCUT2D eigenvalue weighted by Gasteiger charge is -2.30. The Hall–Kier alpha value is -1.22.